The van der Waals surface area contributed by atoms with E-state index in [2.05, 4.69) is 5.32 Å². The van der Waals surface area contributed by atoms with E-state index in [4.69, 9.17) is 16.3 Å². The summed E-state index contributed by atoms with van der Waals surface area (Å²) in [6.45, 7) is 3.91. The third kappa shape index (κ3) is 6.29. The molecule has 0 aromatic heterocycles. The van der Waals surface area contributed by atoms with Gasteiger partial charge in [-0.05, 0) is 30.2 Å². The fourth-order valence-corrected chi connectivity index (χ4v) is 4.75. The number of rotatable bonds is 10. The monoisotopic (exact) mass is 452 g/mol. The molecule has 30 heavy (non-hydrogen) atoms. The molecule has 0 spiro atoms. The Bertz CT molecular complexity index is 976. The number of amides is 1. The lowest BCUT2D eigenvalue weighted by molar-refractivity contribution is -0.124. The second-order valence-electron chi connectivity index (χ2n) is 6.40. The van der Waals surface area contributed by atoms with Crippen LogP contribution in [0.3, 0.4) is 0 Å². The molecule has 0 saturated carbocycles. The standard InChI is InChI=1S/C21H25ClN2O5S/c1-3-24(4-2)30(27,28)19-14-17(10-11-18(19)22)21(26)29-15-20(25)23-13-12-16-8-6-5-7-9-16/h5-11,14H,3-4,12-13,15H2,1-2H3,(H,23,25). The molecule has 2 rings (SSSR count). The number of nitrogens with zero attached hydrogens (tertiary/aromatic N) is 1. The number of ether oxygens (including phenoxy) is 1. The predicted molar refractivity (Wildman–Crippen MR) is 115 cm³/mol. The van der Waals surface area contributed by atoms with Gasteiger partial charge in [-0.2, -0.15) is 4.31 Å². The van der Waals surface area contributed by atoms with Gasteiger partial charge < -0.3 is 10.1 Å². The van der Waals surface area contributed by atoms with Crippen LogP contribution >= 0.6 is 11.6 Å². The van der Waals surface area contributed by atoms with Gasteiger partial charge in [0, 0.05) is 19.6 Å². The number of benzene rings is 2. The van der Waals surface area contributed by atoms with Gasteiger partial charge in [-0.15, -0.1) is 0 Å². The number of nitrogens with one attached hydrogen (secondary N) is 1. The molecule has 2 aromatic rings. The fourth-order valence-electron chi connectivity index (χ4n) is 2.79. The molecule has 1 amide bonds. The molecule has 7 nitrogen and oxygen atoms in total. The zero-order valence-electron chi connectivity index (χ0n) is 16.9. The minimum atomic E-state index is -3.84. The maximum atomic E-state index is 12.7. The Kier molecular flexibility index (Phi) is 8.83. The summed E-state index contributed by atoms with van der Waals surface area (Å²) < 4.78 is 31.7. The van der Waals surface area contributed by atoms with Crippen LogP contribution < -0.4 is 5.32 Å². The van der Waals surface area contributed by atoms with E-state index in [1.807, 2.05) is 30.3 Å². The van der Waals surface area contributed by atoms with Gasteiger partial charge in [0.2, 0.25) is 10.0 Å². The second-order valence-corrected chi connectivity index (χ2v) is 8.71. The lowest BCUT2D eigenvalue weighted by atomic mass is 10.1. The van der Waals surface area contributed by atoms with E-state index in [9.17, 15) is 18.0 Å². The maximum Gasteiger partial charge on any atom is 0.338 e. The number of esters is 1. The number of carbonyl (C=O) groups excluding carboxylic acids is 2. The second kappa shape index (κ2) is 11.1. The van der Waals surface area contributed by atoms with Crippen LogP contribution in [0.5, 0.6) is 0 Å². The largest absolute Gasteiger partial charge is 0.452 e. The first kappa shape index (κ1) is 23.9. The van der Waals surface area contributed by atoms with Gasteiger partial charge in [-0.3, -0.25) is 4.79 Å². The SMILES string of the molecule is CCN(CC)S(=O)(=O)c1cc(C(=O)OCC(=O)NCCc2ccccc2)ccc1Cl. The summed E-state index contributed by atoms with van der Waals surface area (Å²) >= 11 is 6.06. The average molecular weight is 453 g/mol. The van der Waals surface area contributed by atoms with E-state index in [0.717, 1.165) is 5.56 Å². The highest BCUT2D eigenvalue weighted by Crippen LogP contribution is 2.26. The summed E-state index contributed by atoms with van der Waals surface area (Å²) in [5, 5.41) is 2.68. The van der Waals surface area contributed by atoms with Crippen molar-refractivity contribution in [2.24, 2.45) is 0 Å². The first-order valence-electron chi connectivity index (χ1n) is 9.57. The van der Waals surface area contributed by atoms with Crippen molar-refractivity contribution in [2.45, 2.75) is 25.2 Å². The average Bonchev–Trinajstić information content (AvgIpc) is 2.73. The van der Waals surface area contributed by atoms with Gasteiger partial charge in [-0.1, -0.05) is 55.8 Å². The highest BCUT2D eigenvalue weighted by Gasteiger charge is 2.26. The molecule has 0 heterocycles. The smallest absolute Gasteiger partial charge is 0.338 e. The molecule has 9 heteroatoms. The van der Waals surface area contributed by atoms with E-state index in [1.165, 1.54) is 22.5 Å². The first-order chi connectivity index (χ1) is 14.3. The maximum absolute atomic E-state index is 12.7. The Hall–Kier alpha value is -2.42. The van der Waals surface area contributed by atoms with Crippen molar-refractivity contribution >= 4 is 33.5 Å². The first-order valence-corrected chi connectivity index (χ1v) is 11.4. The number of halogens is 1. The van der Waals surface area contributed by atoms with E-state index < -0.39 is 28.5 Å². The Balaban J connectivity index is 1.96. The molecule has 0 aliphatic heterocycles. The summed E-state index contributed by atoms with van der Waals surface area (Å²) in [6, 6.07) is 13.5. The van der Waals surface area contributed by atoms with Crippen LogP contribution in [0.1, 0.15) is 29.8 Å². The highest BCUT2D eigenvalue weighted by molar-refractivity contribution is 7.89. The van der Waals surface area contributed by atoms with Crippen LogP contribution in [0.4, 0.5) is 0 Å². The summed E-state index contributed by atoms with van der Waals surface area (Å²) in [5.41, 5.74) is 1.08. The molecular weight excluding hydrogens is 428 g/mol. The van der Waals surface area contributed by atoms with Gasteiger partial charge in [-0.25, -0.2) is 13.2 Å². The molecule has 0 aliphatic rings. The van der Waals surface area contributed by atoms with E-state index in [0.29, 0.717) is 13.0 Å². The van der Waals surface area contributed by atoms with E-state index in [1.54, 1.807) is 13.8 Å². The molecule has 0 atom stereocenters. The van der Waals surface area contributed by atoms with Gasteiger partial charge in [0.1, 0.15) is 4.90 Å². The van der Waals surface area contributed by atoms with Gasteiger partial charge in [0.25, 0.3) is 5.91 Å². The van der Waals surface area contributed by atoms with Crippen molar-refractivity contribution < 1.29 is 22.7 Å². The predicted octanol–water partition coefficient (Wildman–Crippen LogP) is 2.89. The molecule has 0 bridgehead atoms. The Morgan fingerprint density at radius 1 is 1.07 bits per heavy atom. The van der Waals surface area contributed by atoms with Crippen LogP contribution in [0.15, 0.2) is 53.4 Å². The minimum absolute atomic E-state index is 0.00205. The lowest BCUT2D eigenvalue weighted by Gasteiger charge is -2.19. The normalized spacial score (nSPS) is 11.3. The van der Waals surface area contributed by atoms with Crippen molar-refractivity contribution in [3.8, 4) is 0 Å². The lowest BCUT2D eigenvalue weighted by Crippen LogP contribution is -2.31. The number of sulfonamides is 1. The summed E-state index contributed by atoms with van der Waals surface area (Å²) in [4.78, 5) is 24.0. The Morgan fingerprint density at radius 2 is 1.73 bits per heavy atom. The minimum Gasteiger partial charge on any atom is -0.452 e. The van der Waals surface area contributed by atoms with Crippen LogP contribution in [-0.4, -0.2) is 50.8 Å². The zero-order valence-corrected chi connectivity index (χ0v) is 18.5. The molecule has 2 aromatic carbocycles. The summed E-state index contributed by atoms with van der Waals surface area (Å²) in [6.07, 6.45) is 0.657. The third-order valence-corrected chi connectivity index (χ3v) is 6.93. The van der Waals surface area contributed by atoms with Crippen molar-refractivity contribution in [2.75, 3.05) is 26.2 Å². The van der Waals surface area contributed by atoms with E-state index in [-0.39, 0.29) is 28.6 Å². The zero-order chi connectivity index (χ0) is 22.1. The molecular formula is C21H25ClN2O5S. The number of hydrogen-bond acceptors (Lipinski definition) is 5. The molecule has 0 radical (unpaired) electrons. The molecule has 0 aliphatic carbocycles. The Labute approximate surface area is 182 Å². The van der Waals surface area contributed by atoms with Crippen molar-refractivity contribution in [3.63, 3.8) is 0 Å². The van der Waals surface area contributed by atoms with Crippen molar-refractivity contribution in [1.29, 1.82) is 0 Å². The summed E-state index contributed by atoms with van der Waals surface area (Å²) in [5.74, 6) is -1.25. The Morgan fingerprint density at radius 3 is 2.37 bits per heavy atom. The van der Waals surface area contributed by atoms with Crippen molar-refractivity contribution in [3.05, 3.63) is 64.7 Å². The molecule has 0 fully saturated rings. The number of carbonyl (C=O) groups is 2. The van der Waals surface area contributed by atoms with Crippen molar-refractivity contribution in [1.82, 2.24) is 9.62 Å². The van der Waals surface area contributed by atoms with Crippen LogP contribution in [-0.2, 0) is 26.0 Å². The highest BCUT2D eigenvalue weighted by atomic mass is 35.5. The summed E-state index contributed by atoms with van der Waals surface area (Å²) in [7, 11) is -3.84. The van der Waals surface area contributed by atoms with Gasteiger partial charge in [0.15, 0.2) is 6.61 Å². The van der Waals surface area contributed by atoms with Gasteiger partial charge >= 0.3 is 5.97 Å². The molecule has 162 valence electrons. The quantitative estimate of drug-likeness (QED) is 0.559. The van der Waals surface area contributed by atoms with Crippen LogP contribution in [0.2, 0.25) is 5.02 Å². The molecule has 1 N–H and O–H groups in total. The van der Waals surface area contributed by atoms with Crippen LogP contribution in [0, 0.1) is 0 Å². The topological polar surface area (TPSA) is 92.8 Å². The van der Waals surface area contributed by atoms with Crippen LogP contribution in [0.25, 0.3) is 0 Å². The molecule has 0 unspecified atom stereocenters. The van der Waals surface area contributed by atoms with E-state index >= 15 is 0 Å². The number of hydrogen-bond donors (Lipinski definition) is 1. The fraction of sp³-hybridized carbons (Fsp3) is 0.333. The van der Waals surface area contributed by atoms with Gasteiger partial charge in [0.05, 0.1) is 10.6 Å². The molecule has 0 saturated heterocycles. The third-order valence-electron chi connectivity index (χ3n) is 4.40.